The molecular weight excluding hydrogens is 384 g/mol. The van der Waals surface area contributed by atoms with Crippen LogP contribution in [0.25, 0.3) is 0 Å². The third-order valence-corrected chi connectivity index (χ3v) is 1.51. The van der Waals surface area contributed by atoms with Crippen LogP contribution in [-0.2, 0) is 21.1 Å². The van der Waals surface area contributed by atoms with Crippen LogP contribution in [0.3, 0.4) is 0 Å². The Balaban J connectivity index is -0.000000196. The molecule has 2 nitrogen and oxygen atoms in total. The normalized spacial score (nSPS) is 7.06. The van der Waals surface area contributed by atoms with Crippen LogP contribution in [-0.4, -0.2) is 10.2 Å². The molecule has 0 aliphatic carbocycles. The number of rotatable bonds is 0. The minimum absolute atomic E-state index is 0. The first kappa shape index (κ1) is 21.1. The van der Waals surface area contributed by atoms with Crippen molar-refractivity contribution in [3.8, 4) is 11.5 Å². The van der Waals surface area contributed by atoms with Gasteiger partial charge in [-0.05, 0) is 24.3 Å². The fraction of sp³-hybridized carbons (Fsp3) is 0. The molecule has 0 amide bonds. The molecule has 0 aliphatic heterocycles. The first-order chi connectivity index (χ1) is 6.79. The SMILES string of the molecule is Oc1ccccc1.Oc1ccccc1.[CH3-].[CH3-].[W+2]. The van der Waals surface area contributed by atoms with Gasteiger partial charge in [0.15, 0.2) is 0 Å². The zero-order valence-electron chi connectivity index (χ0n) is 10.1. The Morgan fingerprint density at radius 2 is 0.765 bits per heavy atom. The van der Waals surface area contributed by atoms with Gasteiger partial charge in [-0.15, -0.1) is 0 Å². The predicted octanol–water partition coefficient (Wildman–Crippen LogP) is 3.68. The Kier molecular flexibility index (Phi) is 15.9. The molecule has 0 bridgehead atoms. The molecule has 0 atom stereocenters. The maximum atomic E-state index is 8.63. The molecule has 0 aliphatic rings. The molecule has 0 heterocycles. The first-order valence-electron chi connectivity index (χ1n) is 4.27. The van der Waals surface area contributed by atoms with E-state index in [9.17, 15) is 0 Å². The molecular formula is C14H18O2W. The molecule has 0 unspecified atom stereocenters. The van der Waals surface area contributed by atoms with Crippen molar-refractivity contribution in [2.45, 2.75) is 0 Å². The molecule has 0 fully saturated rings. The molecule has 0 saturated heterocycles. The topological polar surface area (TPSA) is 40.5 Å². The minimum Gasteiger partial charge on any atom is -0.508 e. The summed E-state index contributed by atoms with van der Waals surface area (Å²) in [5.41, 5.74) is 0. The molecule has 2 aromatic rings. The quantitative estimate of drug-likeness (QED) is 0.661. The number of phenolic OH excluding ortho intramolecular Hbond substituents is 2. The Morgan fingerprint density at radius 3 is 0.882 bits per heavy atom. The van der Waals surface area contributed by atoms with E-state index >= 15 is 0 Å². The van der Waals surface area contributed by atoms with Gasteiger partial charge in [0.05, 0.1) is 0 Å². The Morgan fingerprint density at radius 1 is 0.529 bits per heavy atom. The summed E-state index contributed by atoms with van der Waals surface area (Å²) in [5, 5.41) is 17.3. The summed E-state index contributed by atoms with van der Waals surface area (Å²) in [4.78, 5) is 0. The van der Waals surface area contributed by atoms with Crippen LogP contribution in [0.4, 0.5) is 0 Å². The van der Waals surface area contributed by atoms with Gasteiger partial charge in [0.1, 0.15) is 11.5 Å². The van der Waals surface area contributed by atoms with Gasteiger partial charge < -0.3 is 25.1 Å². The van der Waals surface area contributed by atoms with E-state index in [0.29, 0.717) is 11.5 Å². The van der Waals surface area contributed by atoms with Crippen molar-refractivity contribution in [2.75, 3.05) is 0 Å². The van der Waals surface area contributed by atoms with Gasteiger partial charge in [0, 0.05) is 0 Å². The van der Waals surface area contributed by atoms with Gasteiger partial charge >= 0.3 is 21.1 Å². The summed E-state index contributed by atoms with van der Waals surface area (Å²) in [6.07, 6.45) is 0. The molecule has 17 heavy (non-hydrogen) atoms. The minimum atomic E-state index is 0. The molecule has 2 aromatic carbocycles. The van der Waals surface area contributed by atoms with Crippen molar-refractivity contribution in [1.82, 2.24) is 0 Å². The summed E-state index contributed by atoms with van der Waals surface area (Å²) in [6.45, 7) is 0. The molecule has 3 heteroatoms. The number of benzene rings is 2. The van der Waals surface area contributed by atoms with E-state index in [1.807, 2.05) is 12.1 Å². The Hall–Kier alpha value is -1.27. The van der Waals surface area contributed by atoms with E-state index in [4.69, 9.17) is 10.2 Å². The molecule has 0 aromatic heterocycles. The van der Waals surface area contributed by atoms with Crippen LogP contribution in [0.5, 0.6) is 11.5 Å². The molecule has 0 radical (unpaired) electrons. The third kappa shape index (κ3) is 11.0. The van der Waals surface area contributed by atoms with Gasteiger partial charge in [-0.25, -0.2) is 0 Å². The zero-order valence-corrected chi connectivity index (χ0v) is 13.0. The average Bonchev–Trinajstić information content (AvgIpc) is 2.21. The molecule has 0 spiro atoms. The van der Waals surface area contributed by atoms with Crippen molar-refractivity contribution in [3.05, 3.63) is 75.5 Å². The molecule has 92 valence electrons. The van der Waals surface area contributed by atoms with Crippen LogP contribution < -0.4 is 0 Å². The van der Waals surface area contributed by atoms with Crippen LogP contribution in [0.15, 0.2) is 60.7 Å². The Bertz CT molecular complexity index is 312. The second-order valence-electron chi connectivity index (χ2n) is 2.67. The van der Waals surface area contributed by atoms with Crippen molar-refractivity contribution in [3.63, 3.8) is 0 Å². The smallest absolute Gasteiger partial charge is 0.508 e. The van der Waals surface area contributed by atoms with Crippen molar-refractivity contribution >= 4 is 0 Å². The average molecular weight is 402 g/mol. The van der Waals surface area contributed by atoms with E-state index in [-0.39, 0.29) is 35.9 Å². The van der Waals surface area contributed by atoms with Crippen molar-refractivity contribution in [2.24, 2.45) is 0 Å². The largest absolute Gasteiger partial charge is 2.00 e. The van der Waals surface area contributed by atoms with Crippen LogP contribution in [0.1, 0.15) is 0 Å². The number of aromatic hydroxyl groups is 2. The van der Waals surface area contributed by atoms with Gasteiger partial charge in [0.25, 0.3) is 0 Å². The summed E-state index contributed by atoms with van der Waals surface area (Å²) in [7, 11) is 0. The van der Waals surface area contributed by atoms with Gasteiger partial charge in [-0.3, -0.25) is 0 Å². The molecule has 2 rings (SSSR count). The maximum Gasteiger partial charge on any atom is 2.00 e. The first-order valence-corrected chi connectivity index (χ1v) is 4.27. The molecule has 0 saturated carbocycles. The van der Waals surface area contributed by atoms with Crippen LogP contribution >= 0.6 is 0 Å². The van der Waals surface area contributed by atoms with Gasteiger partial charge in [-0.2, -0.15) is 0 Å². The Labute approximate surface area is 118 Å². The fourth-order valence-corrected chi connectivity index (χ4v) is 0.856. The standard InChI is InChI=1S/2C6H6O.2CH3.W/c2*7-6-4-2-1-3-5-6;;;/h2*1-5,7H;2*1H3;/q;;2*-1;+2. The monoisotopic (exact) mass is 402 g/mol. The van der Waals surface area contributed by atoms with Crippen molar-refractivity contribution < 1.29 is 31.3 Å². The third-order valence-electron chi connectivity index (χ3n) is 1.51. The second-order valence-corrected chi connectivity index (χ2v) is 2.67. The maximum absolute atomic E-state index is 8.63. The van der Waals surface area contributed by atoms with Gasteiger partial charge in [-0.1, -0.05) is 36.4 Å². The predicted molar refractivity (Wildman–Crippen MR) is 69.0 cm³/mol. The van der Waals surface area contributed by atoms with E-state index in [0.717, 1.165) is 0 Å². The number of phenols is 2. The summed E-state index contributed by atoms with van der Waals surface area (Å²) < 4.78 is 0. The van der Waals surface area contributed by atoms with Gasteiger partial charge in [0.2, 0.25) is 0 Å². The second kappa shape index (κ2) is 12.8. The van der Waals surface area contributed by atoms with Crippen molar-refractivity contribution in [1.29, 1.82) is 0 Å². The number of para-hydroxylation sites is 2. The summed E-state index contributed by atoms with van der Waals surface area (Å²) in [5.74, 6) is 0.644. The summed E-state index contributed by atoms with van der Waals surface area (Å²) in [6, 6.07) is 17.4. The molecule has 2 N–H and O–H groups in total. The summed E-state index contributed by atoms with van der Waals surface area (Å²) >= 11 is 0. The van der Waals surface area contributed by atoms with Crippen LogP contribution in [0, 0.1) is 14.9 Å². The van der Waals surface area contributed by atoms with E-state index < -0.39 is 0 Å². The number of hydrogen-bond acceptors (Lipinski definition) is 2. The fourth-order valence-electron chi connectivity index (χ4n) is 0.856. The number of hydrogen-bond donors (Lipinski definition) is 2. The van der Waals surface area contributed by atoms with E-state index in [2.05, 4.69) is 0 Å². The zero-order chi connectivity index (χ0) is 10.2. The van der Waals surface area contributed by atoms with E-state index in [1.165, 1.54) is 0 Å². The van der Waals surface area contributed by atoms with E-state index in [1.54, 1.807) is 48.5 Å². The van der Waals surface area contributed by atoms with Crippen LogP contribution in [0.2, 0.25) is 0 Å².